The van der Waals surface area contributed by atoms with Gasteiger partial charge in [-0.2, -0.15) is 4.98 Å². The molecule has 5 nitrogen and oxygen atoms in total. The summed E-state index contributed by atoms with van der Waals surface area (Å²) in [7, 11) is 0. The summed E-state index contributed by atoms with van der Waals surface area (Å²) in [6.45, 7) is 12.2. The molecule has 36 heavy (non-hydrogen) atoms. The van der Waals surface area contributed by atoms with Crippen molar-refractivity contribution < 1.29 is 9.47 Å². The van der Waals surface area contributed by atoms with Crippen molar-refractivity contribution in [2.75, 3.05) is 0 Å². The van der Waals surface area contributed by atoms with Gasteiger partial charge in [-0.3, -0.25) is 5.41 Å². The molecule has 0 aliphatic rings. The summed E-state index contributed by atoms with van der Waals surface area (Å²) < 4.78 is 12.7. The van der Waals surface area contributed by atoms with Crippen LogP contribution >= 0.6 is 11.8 Å². The van der Waals surface area contributed by atoms with Crippen molar-refractivity contribution in [1.82, 2.24) is 4.98 Å². The number of hydrogen-bond donors (Lipinski definition) is 2. The van der Waals surface area contributed by atoms with Crippen molar-refractivity contribution in [3.8, 4) is 23.3 Å². The molecule has 3 aromatic carbocycles. The Hall–Kier alpha value is -3.77. The van der Waals surface area contributed by atoms with Crippen LogP contribution in [0.25, 0.3) is 0 Å². The summed E-state index contributed by atoms with van der Waals surface area (Å²) in [5.41, 5.74) is 12.5. The van der Waals surface area contributed by atoms with E-state index in [2.05, 4.69) is 44.2 Å². The van der Waals surface area contributed by atoms with Crippen LogP contribution in [-0.2, 0) is 0 Å². The fourth-order valence-corrected chi connectivity index (χ4v) is 4.99. The lowest BCUT2D eigenvalue weighted by Gasteiger charge is -2.19. The molecule has 3 N–H and O–H groups in total. The summed E-state index contributed by atoms with van der Waals surface area (Å²) >= 11 is 1.67. The Balaban J connectivity index is 1.83. The van der Waals surface area contributed by atoms with Gasteiger partial charge in [-0.05, 0) is 76.9 Å². The van der Waals surface area contributed by atoms with Gasteiger partial charge in [0, 0.05) is 26.5 Å². The van der Waals surface area contributed by atoms with Gasteiger partial charge in [0.15, 0.2) is 0 Å². The maximum absolute atomic E-state index is 7.81. The quantitative estimate of drug-likeness (QED) is 0.200. The van der Waals surface area contributed by atoms with Gasteiger partial charge < -0.3 is 15.2 Å². The maximum Gasteiger partial charge on any atom is 0.226 e. The van der Waals surface area contributed by atoms with Crippen molar-refractivity contribution in [3.05, 3.63) is 99.6 Å². The number of benzene rings is 3. The van der Waals surface area contributed by atoms with Crippen LogP contribution in [0.1, 0.15) is 38.9 Å². The highest BCUT2D eigenvalue weighted by molar-refractivity contribution is 7.99. The van der Waals surface area contributed by atoms with Crippen molar-refractivity contribution >= 4 is 17.6 Å². The van der Waals surface area contributed by atoms with E-state index >= 15 is 0 Å². The number of nitrogens with zero attached hydrogens (tertiary/aromatic N) is 1. The molecule has 0 spiro atoms. The van der Waals surface area contributed by atoms with Gasteiger partial charge in [-0.25, -0.2) is 0 Å². The van der Waals surface area contributed by atoms with E-state index in [-0.39, 0.29) is 5.84 Å². The standard InChI is InChI=1S/C30H31N3O2S/c1-17-8-7-9-24(15-17)36-27-21(5)29(34-25-13-10-18(2)14-20(25)4)33-30(22(27)6)35-26-16-23(28(31)32)12-11-19(26)3/h7-16H,1-6H3,(H3,31,32). The second-order valence-corrected chi connectivity index (χ2v) is 10.2. The lowest BCUT2D eigenvalue weighted by Crippen LogP contribution is -2.11. The highest BCUT2D eigenvalue weighted by Crippen LogP contribution is 2.42. The van der Waals surface area contributed by atoms with Crippen molar-refractivity contribution in [1.29, 1.82) is 5.41 Å². The predicted molar refractivity (Wildman–Crippen MR) is 147 cm³/mol. The number of nitrogen functional groups attached to an aromatic ring is 1. The first-order valence-electron chi connectivity index (χ1n) is 11.8. The predicted octanol–water partition coefficient (Wildman–Crippen LogP) is 7.95. The molecule has 4 rings (SSSR count). The molecule has 0 bridgehead atoms. The number of hydrogen-bond acceptors (Lipinski definition) is 5. The number of nitrogens with two attached hydrogens (primary N) is 1. The molecule has 0 atom stereocenters. The normalized spacial score (nSPS) is 10.8. The molecular formula is C30H31N3O2S. The average molecular weight is 498 g/mol. The third-order valence-corrected chi connectivity index (χ3v) is 7.28. The van der Waals surface area contributed by atoms with Crippen LogP contribution in [0.3, 0.4) is 0 Å². The van der Waals surface area contributed by atoms with E-state index in [9.17, 15) is 0 Å². The van der Waals surface area contributed by atoms with E-state index in [1.54, 1.807) is 17.8 Å². The van der Waals surface area contributed by atoms with Crippen LogP contribution in [-0.4, -0.2) is 10.8 Å². The molecule has 1 aromatic heterocycles. The van der Waals surface area contributed by atoms with Crippen LogP contribution in [0.4, 0.5) is 0 Å². The van der Waals surface area contributed by atoms with Crippen molar-refractivity contribution in [2.24, 2.45) is 5.73 Å². The Morgan fingerprint density at radius 2 is 1.42 bits per heavy atom. The van der Waals surface area contributed by atoms with Gasteiger partial charge in [0.05, 0.1) is 0 Å². The third-order valence-electron chi connectivity index (χ3n) is 5.98. The monoisotopic (exact) mass is 497 g/mol. The van der Waals surface area contributed by atoms with Gasteiger partial charge in [-0.15, -0.1) is 0 Å². The Labute approximate surface area is 217 Å². The number of ether oxygens (including phenoxy) is 2. The topological polar surface area (TPSA) is 81.2 Å². The summed E-state index contributed by atoms with van der Waals surface area (Å²) in [5.74, 6) is 2.30. The molecule has 0 saturated carbocycles. The van der Waals surface area contributed by atoms with E-state index in [1.165, 1.54) is 11.1 Å². The average Bonchev–Trinajstić information content (AvgIpc) is 2.82. The van der Waals surface area contributed by atoms with E-state index < -0.39 is 0 Å². The zero-order valence-corrected chi connectivity index (χ0v) is 22.3. The van der Waals surface area contributed by atoms with E-state index in [4.69, 9.17) is 25.6 Å². The summed E-state index contributed by atoms with van der Waals surface area (Å²) in [6, 6.07) is 20.0. The van der Waals surface area contributed by atoms with Gasteiger partial charge in [0.2, 0.25) is 11.8 Å². The maximum atomic E-state index is 7.81. The molecule has 1 heterocycles. The second-order valence-electron chi connectivity index (χ2n) is 9.09. The van der Waals surface area contributed by atoms with Crippen LogP contribution < -0.4 is 15.2 Å². The molecule has 0 saturated heterocycles. The number of aromatic nitrogens is 1. The number of aryl methyl sites for hydroxylation is 4. The first-order chi connectivity index (χ1) is 17.1. The van der Waals surface area contributed by atoms with E-state index in [0.717, 1.165) is 37.8 Å². The first kappa shape index (κ1) is 25.3. The number of amidine groups is 1. The highest BCUT2D eigenvalue weighted by atomic mass is 32.2. The van der Waals surface area contributed by atoms with Crippen LogP contribution in [0.15, 0.2) is 70.5 Å². The van der Waals surface area contributed by atoms with Gasteiger partial charge in [-0.1, -0.05) is 59.3 Å². The summed E-state index contributed by atoms with van der Waals surface area (Å²) in [6.07, 6.45) is 0. The van der Waals surface area contributed by atoms with E-state index in [1.807, 2.05) is 52.0 Å². The minimum absolute atomic E-state index is 0.0111. The van der Waals surface area contributed by atoms with Gasteiger partial charge in [0.1, 0.15) is 17.3 Å². The highest BCUT2D eigenvalue weighted by Gasteiger charge is 2.20. The number of nitrogens with one attached hydrogen (secondary N) is 1. The van der Waals surface area contributed by atoms with Gasteiger partial charge >= 0.3 is 0 Å². The minimum Gasteiger partial charge on any atom is -0.438 e. The molecule has 184 valence electrons. The largest absolute Gasteiger partial charge is 0.438 e. The first-order valence-corrected chi connectivity index (χ1v) is 12.6. The molecule has 4 aromatic rings. The van der Waals surface area contributed by atoms with Gasteiger partial charge in [0.25, 0.3) is 0 Å². The lowest BCUT2D eigenvalue weighted by molar-refractivity contribution is 0.414. The Morgan fingerprint density at radius 3 is 2.06 bits per heavy atom. The van der Waals surface area contributed by atoms with E-state index in [0.29, 0.717) is 23.1 Å². The lowest BCUT2D eigenvalue weighted by atomic mass is 10.1. The minimum atomic E-state index is -0.0111. The number of rotatable bonds is 7. The molecule has 0 unspecified atom stereocenters. The Morgan fingerprint density at radius 1 is 0.750 bits per heavy atom. The molecule has 0 fully saturated rings. The molecule has 0 aliphatic heterocycles. The third kappa shape index (κ3) is 5.55. The Kier molecular flexibility index (Phi) is 7.36. The fourth-order valence-electron chi connectivity index (χ4n) is 3.88. The number of pyridine rings is 1. The van der Waals surface area contributed by atoms with Crippen LogP contribution in [0.5, 0.6) is 23.3 Å². The fraction of sp³-hybridized carbons (Fsp3) is 0.200. The zero-order chi connectivity index (χ0) is 26.0. The summed E-state index contributed by atoms with van der Waals surface area (Å²) in [5, 5.41) is 7.81. The molecule has 0 amide bonds. The molecule has 6 heteroatoms. The smallest absolute Gasteiger partial charge is 0.226 e. The Bertz CT molecular complexity index is 1460. The SMILES string of the molecule is Cc1cccc(Sc2c(C)c(Oc3ccc(C)cc3C)nc(Oc3cc(C(=N)N)ccc3C)c2C)c1. The van der Waals surface area contributed by atoms with Crippen LogP contribution in [0.2, 0.25) is 0 Å². The zero-order valence-electron chi connectivity index (χ0n) is 21.5. The van der Waals surface area contributed by atoms with Crippen LogP contribution in [0, 0.1) is 47.0 Å². The molecular weight excluding hydrogens is 466 g/mol. The summed E-state index contributed by atoms with van der Waals surface area (Å²) in [4.78, 5) is 6.98. The molecule has 0 aliphatic carbocycles. The van der Waals surface area contributed by atoms with Crippen molar-refractivity contribution in [3.63, 3.8) is 0 Å². The van der Waals surface area contributed by atoms with Crippen molar-refractivity contribution in [2.45, 2.75) is 51.3 Å². The molecule has 0 radical (unpaired) electrons. The second kappa shape index (κ2) is 10.5.